The van der Waals surface area contributed by atoms with Gasteiger partial charge in [-0.05, 0) is 11.5 Å². The standard InChI is InChI=1S/C5H3N3OS/c1-2-9-5(6-1)4-3-10-8-7-4/h1-3H. The molecule has 0 bridgehead atoms. The van der Waals surface area contributed by atoms with Crippen LogP contribution in [0.15, 0.2) is 22.3 Å². The topological polar surface area (TPSA) is 51.8 Å². The molecule has 2 rings (SSSR count). The molecule has 0 aromatic carbocycles. The zero-order valence-corrected chi connectivity index (χ0v) is 5.71. The van der Waals surface area contributed by atoms with Gasteiger partial charge >= 0.3 is 0 Å². The molecule has 5 heteroatoms. The molecule has 4 nitrogen and oxygen atoms in total. The van der Waals surface area contributed by atoms with E-state index < -0.39 is 0 Å². The summed E-state index contributed by atoms with van der Waals surface area (Å²) in [7, 11) is 0. The van der Waals surface area contributed by atoms with Gasteiger partial charge in [0.15, 0.2) is 5.69 Å². The lowest BCUT2D eigenvalue weighted by Crippen LogP contribution is -1.74. The highest BCUT2D eigenvalue weighted by Gasteiger charge is 2.03. The zero-order valence-electron chi connectivity index (χ0n) is 4.89. The van der Waals surface area contributed by atoms with Crippen LogP contribution in [0, 0.1) is 0 Å². The summed E-state index contributed by atoms with van der Waals surface area (Å²) < 4.78 is 8.64. The van der Waals surface area contributed by atoms with Crippen LogP contribution in [0.3, 0.4) is 0 Å². The largest absolute Gasteiger partial charge is 0.443 e. The minimum absolute atomic E-state index is 0.522. The van der Waals surface area contributed by atoms with E-state index in [-0.39, 0.29) is 0 Å². The van der Waals surface area contributed by atoms with Crippen molar-refractivity contribution in [2.45, 2.75) is 0 Å². The molecule has 0 N–H and O–H groups in total. The van der Waals surface area contributed by atoms with Crippen molar-refractivity contribution in [1.82, 2.24) is 14.6 Å². The Morgan fingerprint density at radius 1 is 1.50 bits per heavy atom. The van der Waals surface area contributed by atoms with Crippen LogP contribution in [-0.4, -0.2) is 14.6 Å². The number of oxazole rings is 1. The number of hydrogen-bond acceptors (Lipinski definition) is 5. The number of aromatic nitrogens is 3. The molecule has 0 aliphatic carbocycles. The van der Waals surface area contributed by atoms with Gasteiger partial charge in [0.05, 0.1) is 6.20 Å². The van der Waals surface area contributed by atoms with E-state index in [1.165, 1.54) is 17.8 Å². The van der Waals surface area contributed by atoms with Gasteiger partial charge < -0.3 is 4.42 Å². The Labute approximate surface area is 60.7 Å². The second kappa shape index (κ2) is 2.18. The van der Waals surface area contributed by atoms with Crippen molar-refractivity contribution < 1.29 is 4.42 Å². The molecular formula is C5H3N3OS. The fourth-order valence-electron chi connectivity index (χ4n) is 0.608. The van der Waals surface area contributed by atoms with Crippen LogP contribution in [0.5, 0.6) is 0 Å². The van der Waals surface area contributed by atoms with Gasteiger partial charge in [0, 0.05) is 5.38 Å². The van der Waals surface area contributed by atoms with Gasteiger partial charge in [-0.25, -0.2) is 4.98 Å². The van der Waals surface area contributed by atoms with Crippen molar-refractivity contribution in [3.63, 3.8) is 0 Å². The summed E-state index contributed by atoms with van der Waals surface area (Å²) in [5, 5.41) is 5.55. The van der Waals surface area contributed by atoms with Gasteiger partial charge in [-0.3, -0.25) is 0 Å². The fourth-order valence-corrected chi connectivity index (χ4v) is 1.04. The van der Waals surface area contributed by atoms with Gasteiger partial charge in [-0.2, -0.15) is 0 Å². The first-order valence-electron chi connectivity index (χ1n) is 2.64. The number of hydrogen-bond donors (Lipinski definition) is 0. The first kappa shape index (κ1) is 5.55. The monoisotopic (exact) mass is 153 g/mol. The van der Waals surface area contributed by atoms with E-state index in [4.69, 9.17) is 4.42 Å². The van der Waals surface area contributed by atoms with Crippen LogP contribution in [0.4, 0.5) is 0 Å². The van der Waals surface area contributed by atoms with Crippen LogP contribution < -0.4 is 0 Å². The number of nitrogens with zero attached hydrogens (tertiary/aromatic N) is 3. The molecule has 0 saturated carbocycles. The SMILES string of the molecule is c1coc(-c2csnn2)n1. The van der Waals surface area contributed by atoms with Gasteiger partial charge in [-0.15, -0.1) is 5.10 Å². The minimum Gasteiger partial charge on any atom is -0.443 e. The summed E-state index contributed by atoms with van der Waals surface area (Å²) in [5.41, 5.74) is 0.690. The molecule has 0 atom stereocenters. The molecule has 0 spiro atoms. The van der Waals surface area contributed by atoms with Crippen LogP contribution >= 0.6 is 11.5 Å². The van der Waals surface area contributed by atoms with Crippen molar-refractivity contribution in [3.8, 4) is 11.6 Å². The molecule has 10 heavy (non-hydrogen) atoms. The third kappa shape index (κ3) is 0.801. The Kier molecular flexibility index (Phi) is 1.21. The van der Waals surface area contributed by atoms with E-state index in [2.05, 4.69) is 14.6 Å². The van der Waals surface area contributed by atoms with Crippen molar-refractivity contribution in [3.05, 3.63) is 17.8 Å². The lowest BCUT2D eigenvalue weighted by molar-refractivity contribution is 0.572. The Morgan fingerprint density at radius 2 is 2.50 bits per heavy atom. The zero-order chi connectivity index (χ0) is 6.81. The molecule has 0 unspecified atom stereocenters. The summed E-state index contributed by atoms with van der Waals surface area (Å²) in [4.78, 5) is 3.90. The van der Waals surface area contributed by atoms with E-state index in [1.807, 2.05) is 0 Å². The first-order chi connectivity index (χ1) is 4.97. The molecule has 0 radical (unpaired) electrons. The Balaban J connectivity index is 2.48. The van der Waals surface area contributed by atoms with Crippen LogP contribution in [0.1, 0.15) is 0 Å². The fraction of sp³-hybridized carbons (Fsp3) is 0. The molecular weight excluding hydrogens is 150 g/mol. The van der Waals surface area contributed by atoms with Crippen LogP contribution in [0.2, 0.25) is 0 Å². The molecule has 2 heterocycles. The predicted molar refractivity (Wildman–Crippen MR) is 35.4 cm³/mol. The minimum atomic E-state index is 0.522. The predicted octanol–water partition coefficient (Wildman–Crippen LogP) is 1.19. The maximum absolute atomic E-state index is 4.97. The van der Waals surface area contributed by atoms with E-state index in [9.17, 15) is 0 Å². The highest BCUT2D eigenvalue weighted by atomic mass is 32.1. The van der Waals surface area contributed by atoms with Crippen molar-refractivity contribution in [2.75, 3.05) is 0 Å². The maximum Gasteiger partial charge on any atom is 0.247 e. The highest BCUT2D eigenvalue weighted by molar-refractivity contribution is 7.03. The Bertz CT molecular complexity index is 256. The van der Waals surface area contributed by atoms with Crippen molar-refractivity contribution in [2.24, 2.45) is 0 Å². The first-order valence-corrected chi connectivity index (χ1v) is 3.47. The van der Waals surface area contributed by atoms with Crippen molar-refractivity contribution >= 4 is 11.5 Å². The molecule has 2 aromatic rings. The molecule has 0 aliphatic heterocycles. The Hall–Kier alpha value is -1.23. The summed E-state index contributed by atoms with van der Waals surface area (Å²) in [5.74, 6) is 0.522. The molecule has 50 valence electrons. The van der Waals surface area contributed by atoms with Crippen LogP contribution in [0.25, 0.3) is 11.6 Å². The van der Waals surface area contributed by atoms with Crippen LogP contribution in [-0.2, 0) is 0 Å². The smallest absolute Gasteiger partial charge is 0.247 e. The molecule has 0 saturated heterocycles. The molecule has 0 aliphatic rings. The lowest BCUT2D eigenvalue weighted by atomic mass is 10.5. The van der Waals surface area contributed by atoms with E-state index in [0.29, 0.717) is 11.6 Å². The second-order valence-corrected chi connectivity index (χ2v) is 2.24. The van der Waals surface area contributed by atoms with Gasteiger partial charge in [0.1, 0.15) is 6.26 Å². The summed E-state index contributed by atoms with van der Waals surface area (Å²) >= 11 is 1.28. The Morgan fingerprint density at radius 3 is 3.10 bits per heavy atom. The number of rotatable bonds is 1. The third-order valence-electron chi connectivity index (χ3n) is 1.01. The normalized spacial score (nSPS) is 10.0. The third-order valence-corrected chi connectivity index (χ3v) is 1.52. The quantitative estimate of drug-likeness (QED) is 0.617. The van der Waals surface area contributed by atoms with Crippen molar-refractivity contribution in [1.29, 1.82) is 0 Å². The van der Waals surface area contributed by atoms with Gasteiger partial charge in [-0.1, -0.05) is 4.49 Å². The molecule has 0 amide bonds. The van der Waals surface area contributed by atoms with Gasteiger partial charge in [0.2, 0.25) is 5.89 Å². The highest BCUT2D eigenvalue weighted by Crippen LogP contribution is 2.13. The van der Waals surface area contributed by atoms with Gasteiger partial charge in [0.25, 0.3) is 0 Å². The molecule has 0 fully saturated rings. The average molecular weight is 153 g/mol. The van der Waals surface area contributed by atoms with E-state index in [0.717, 1.165) is 0 Å². The second-order valence-electron chi connectivity index (χ2n) is 1.63. The maximum atomic E-state index is 4.97. The van der Waals surface area contributed by atoms with E-state index >= 15 is 0 Å². The summed E-state index contributed by atoms with van der Waals surface area (Å²) in [6, 6.07) is 0. The molecule has 2 aromatic heterocycles. The average Bonchev–Trinajstić information content (AvgIpc) is 2.59. The van der Waals surface area contributed by atoms with E-state index in [1.54, 1.807) is 11.6 Å². The summed E-state index contributed by atoms with van der Waals surface area (Å²) in [6.45, 7) is 0. The summed E-state index contributed by atoms with van der Waals surface area (Å²) in [6.07, 6.45) is 3.09. The lowest BCUT2D eigenvalue weighted by Gasteiger charge is -1.80.